The van der Waals surface area contributed by atoms with E-state index < -0.39 is 12.8 Å². The van der Waals surface area contributed by atoms with E-state index in [2.05, 4.69) is 0 Å². The quantitative estimate of drug-likeness (QED) is 0.398. The van der Waals surface area contributed by atoms with E-state index in [0.29, 0.717) is 0 Å². The standard InChI is InChI=1S/4CHO.Fe/c4*1-2;/h4*1H;. The van der Waals surface area contributed by atoms with Crippen LogP contribution in [-0.2, 0) is 32.0 Å². The zero-order valence-electron chi connectivity index (χ0n) is 4.30. The van der Waals surface area contributed by atoms with Crippen LogP contribution in [0.2, 0.25) is 0 Å². The number of carbonyl (C=O) groups is 4. The van der Waals surface area contributed by atoms with Crippen LogP contribution in [0.25, 0.3) is 0 Å². The van der Waals surface area contributed by atoms with Gasteiger partial charge in [0.1, 0.15) is 0 Å². The molecule has 0 fully saturated rings. The number of hydrogen-bond donors (Lipinski definition) is 0. The first-order valence-electron chi connectivity index (χ1n) is 1.76. The third-order valence-corrected chi connectivity index (χ3v) is 2.38. The van der Waals surface area contributed by atoms with Crippen molar-refractivity contribution in [2.45, 2.75) is 0 Å². The molecule has 9 heavy (non-hydrogen) atoms. The summed E-state index contributed by atoms with van der Waals surface area (Å²) in [5.74, 6) is 0. The van der Waals surface area contributed by atoms with Gasteiger partial charge in [-0.05, 0) is 0 Å². The monoisotopic (exact) mass is 172 g/mol. The van der Waals surface area contributed by atoms with Crippen molar-refractivity contribution in [3.05, 3.63) is 0 Å². The van der Waals surface area contributed by atoms with E-state index in [4.69, 9.17) is 0 Å². The molecule has 0 radical (unpaired) electrons. The summed E-state index contributed by atoms with van der Waals surface area (Å²) in [7, 11) is 0. The molecule has 52 valence electrons. The van der Waals surface area contributed by atoms with E-state index in [-0.39, 0.29) is 20.7 Å². The first kappa shape index (κ1) is 8.20. The maximum atomic E-state index is 9.88. The summed E-state index contributed by atoms with van der Waals surface area (Å²) in [6.45, 7) is 0. The van der Waals surface area contributed by atoms with Crippen molar-refractivity contribution in [1.29, 1.82) is 0 Å². The molecule has 0 aromatic rings. The summed E-state index contributed by atoms with van der Waals surface area (Å²) in [5, 5.41) is 0.500. The van der Waals surface area contributed by atoms with Crippen molar-refractivity contribution in [2.24, 2.45) is 0 Å². The zero-order valence-corrected chi connectivity index (χ0v) is 5.40. The predicted molar refractivity (Wildman–Crippen MR) is 27.0 cm³/mol. The van der Waals surface area contributed by atoms with Gasteiger partial charge in [0.25, 0.3) is 0 Å². The predicted octanol–water partition coefficient (Wildman–Crippen LogP) is -1.10. The average Bonchev–Trinajstić information content (AvgIpc) is 1.95. The van der Waals surface area contributed by atoms with Crippen LogP contribution in [0.5, 0.6) is 0 Å². The van der Waals surface area contributed by atoms with Gasteiger partial charge in [-0.3, -0.25) is 0 Å². The van der Waals surface area contributed by atoms with Crippen LogP contribution < -0.4 is 0 Å². The Labute approximate surface area is 53.5 Å². The molecule has 0 N–H and O–H groups in total. The van der Waals surface area contributed by atoms with Gasteiger partial charge < -0.3 is 0 Å². The van der Waals surface area contributed by atoms with E-state index in [1.807, 2.05) is 0 Å². The molecule has 0 rings (SSSR count). The SMILES string of the molecule is O=[CH][Fe]([CH]=O)([CH]=O)[CH]=O. The van der Waals surface area contributed by atoms with Crippen LogP contribution >= 0.6 is 0 Å². The van der Waals surface area contributed by atoms with Crippen molar-refractivity contribution >= 4 is 20.7 Å². The fourth-order valence-electron chi connectivity index (χ4n) is 0.118. The van der Waals surface area contributed by atoms with Crippen molar-refractivity contribution < 1.29 is 32.0 Å². The molecule has 0 aliphatic heterocycles. The topological polar surface area (TPSA) is 68.3 Å². The Kier molecular flexibility index (Phi) is 2.98. The molecule has 4 nitrogen and oxygen atoms in total. The van der Waals surface area contributed by atoms with Gasteiger partial charge in [0.2, 0.25) is 0 Å². The minimum atomic E-state index is -3.28. The van der Waals surface area contributed by atoms with E-state index in [9.17, 15) is 19.2 Å². The molecule has 0 saturated carbocycles. The summed E-state index contributed by atoms with van der Waals surface area (Å²) in [5.41, 5.74) is 0. The second kappa shape index (κ2) is 3.27. The van der Waals surface area contributed by atoms with Crippen LogP contribution in [0.1, 0.15) is 0 Å². The summed E-state index contributed by atoms with van der Waals surface area (Å²) in [4.78, 5) is 39.5. The normalized spacial score (nSPS) is 11.6. The van der Waals surface area contributed by atoms with Gasteiger partial charge in [0.05, 0.1) is 0 Å². The van der Waals surface area contributed by atoms with Crippen LogP contribution in [0.4, 0.5) is 0 Å². The van der Waals surface area contributed by atoms with Crippen LogP contribution in [-0.4, -0.2) is 20.7 Å². The van der Waals surface area contributed by atoms with Crippen LogP contribution in [0, 0.1) is 0 Å². The Morgan fingerprint density at radius 2 is 0.889 bits per heavy atom. The summed E-state index contributed by atoms with van der Waals surface area (Å²) < 4.78 is 0. The zero-order chi connectivity index (χ0) is 7.33. The molecule has 0 aliphatic rings. The molecular formula is C4H4FeO4. The summed E-state index contributed by atoms with van der Waals surface area (Å²) >= 11 is -3.28. The van der Waals surface area contributed by atoms with Gasteiger partial charge in [-0.25, -0.2) is 0 Å². The average molecular weight is 172 g/mol. The van der Waals surface area contributed by atoms with E-state index in [1.165, 1.54) is 0 Å². The number of hydrogen-bond acceptors (Lipinski definition) is 4. The molecule has 0 bridgehead atoms. The van der Waals surface area contributed by atoms with E-state index in [0.717, 1.165) is 0 Å². The fourth-order valence-corrected chi connectivity index (χ4v) is 0.486. The van der Waals surface area contributed by atoms with Gasteiger partial charge in [0.15, 0.2) is 0 Å². The Bertz CT molecular complexity index is 115. The first-order valence-corrected chi connectivity index (χ1v) is 4.31. The first-order chi connectivity index (χ1) is 4.24. The van der Waals surface area contributed by atoms with Crippen molar-refractivity contribution in [3.8, 4) is 0 Å². The molecule has 0 aliphatic carbocycles. The Morgan fingerprint density at radius 1 is 0.667 bits per heavy atom. The second-order valence-corrected chi connectivity index (χ2v) is 4.29. The molecular weight excluding hydrogens is 168 g/mol. The molecule has 0 spiro atoms. The van der Waals surface area contributed by atoms with Gasteiger partial charge in [0, 0.05) is 0 Å². The van der Waals surface area contributed by atoms with E-state index >= 15 is 0 Å². The molecule has 0 amide bonds. The van der Waals surface area contributed by atoms with Gasteiger partial charge in [-0.15, -0.1) is 0 Å². The molecule has 0 aromatic heterocycles. The van der Waals surface area contributed by atoms with Gasteiger partial charge in [-0.2, -0.15) is 0 Å². The van der Waals surface area contributed by atoms with Gasteiger partial charge >= 0.3 is 52.8 Å². The van der Waals surface area contributed by atoms with Crippen LogP contribution in [0.3, 0.4) is 0 Å². The third kappa shape index (κ3) is 1.55. The molecule has 0 aromatic carbocycles. The summed E-state index contributed by atoms with van der Waals surface area (Å²) in [6, 6.07) is 0. The Hall–Kier alpha value is -0.801. The third-order valence-electron chi connectivity index (χ3n) is 0.577. The van der Waals surface area contributed by atoms with Crippen molar-refractivity contribution in [2.75, 3.05) is 0 Å². The molecule has 0 atom stereocenters. The fraction of sp³-hybridized carbons (Fsp3) is 0. The molecule has 0 heterocycles. The Morgan fingerprint density at radius 3 is 0.889 bits per heavy atom. The molecule has 0 saturated heterocycles. The Balaban J connectivity index is 4.53. The number of carbonyl (C=O) groups excluding carboxylic acids is 4. The van der Waals surface area contributed by atoms with Crippen molar-refractivity contribution in [3.63, 3.8) is 0 Å². The minimum absolute atomic E-state index is 0.125. The summed E-state index contributed by atoms with van der Waals surface area (Å²) in [6.07, 6.45) is 0. The van der Waals surface area contributed by atoms with E-state index in [1.54, 1.807) is 0 Å². The van der Waals surface area contributed by atoms with Crippen molar-refractivity contribution in [1.82, 2.24) is 0 Å². The molecule has 0 unspecified atom stereocenters. The maximum absolute atomic E-state index is 9.88. The number of rotatable bonds is 4. The van der Waals surface area contributed by atoms with Crippen LogP contribution in [0.15, 0.2) is 0 Å². The van der Waals surface area contributed by atoms with Gasteiger partial charge in [-0.1, -0.05) is 0 Å². The second-order valence-electron chi connectivity index (χ2n) is 1.04. The molecule has 5 heteroatoms.